The summed E-state index contributed by atoms with van der Waals surface area (Å²) in [6, 6.07) is 14.8. The number of pyridine rings is 1. The molecule has 3 nitrogen and oxygen atoms in total. The summed E-state index contributed by atoms with van der Waals surface area (Å²) < 4.78 is 1.95. The van der Waals surface area contributed by atoms with Crippen molar-refractivity contribution in [3.8, 4) is 16.9 Å². The van der Waals surface area contributed by atoms with Crippen molar-refractivity contribution >= 4 is 10.8 Å². The summed E-state index contributed by atoms with van der Waals surface area (Å²) in [5, 5.41) is 6.92. The van der Waals surface area contributed by atoms with E-state index in [0.717, 1.165) is 22.3 Å². The fraction of sp³-hybridized carbons (Fsp3) is 0.143. The van der Waals surface area contributed by atoms with E-state index in [1.807, 2.05) is 23.1 Å². The molecule has 0 amide bonds. The third-order valence-corrected chi connectivity index (χ3v) is 4.37. The van der Waals surface area contributed by atoms with Crippen molar-refractivity contribution < 1.29 is 0 Å². The normalized spacial score (nSPS) is 11.1. The summed E-state index contributed by atoms with van der Waals surface area (Å²) in [5.74, 6) is 0. The highest BCUT2D eigenvalue weighted by atomic mass is 15.3. The van der Waals surface area contributed by atoms with Gasteiger partial charge in [-0.1, -0.05) is 42.0 Å². The number of fused-ring (bicyclic) bond motifs is 1. The highest BCUT2D eigenvalue weighted by molar-refractivity contribution is 5.84. The Morgan fingerprint density at radius 3 is 2.29 bits per heavy atom. The first kappa shape index (κ1) is 14.6. The van der Waals surface area contributed by atoms with Gasteiger partial charge >= 0.3 is 0 Å². The molecule has 4 rings (SSSR count). The molecule has 24 heavy (non-hydrogen) atoms. The molecule has 0 fully saturated rings. The summed E-state index contributed by atoms with van der Waals surface area (Å²) >= 11 is 0. The van der Waals surface area contributed by atoms with Crippen LogP contribution in [0.25, 0.3) is 27.7 Å². The average Bonchev–Trinajstić information content (AvgIpc) is 3.03. The van der Waals surface area contributed by atoms with Gasteiger partial charge in [-0.15, -0.1) is 0 Å². The van der Waals surface area contributed by atoms with Crippen molar-refractivity contribution in [3.63, 3.8) is 0 Å². The lowest BCUT2D eigenvalue weighted by molar-refractivity contribution is 0.864. The topological polar surface area (TPSA) is 30.7 Å². The number of aryl methyl sites for hydroxylation is 3. The smallest absolute Gasteiger partial charge is 0.0740 e. The van der Waals surface area contributed by atoms with Crippen molar-refractivity contribution in [1.82, 2.24) is 14.8 Å². The minimum absolute atomic E-state index is 0.947. The molecular formula is C21H19N3. The van der Waals surface area contributed by atoms with E-state index in [9.17, 15) is 0 Å². The van der Waals surface area contributed by atoms with Gasteiger partial charge in [0.15, 0.2) is 0 Å². The molecule has 0 spiro atoms. The van der Waals surface area contributed by atoms with E-state index in [2.05, 4.69) is 73.4 Å². The maximum absolute atomic E-state index is 4.59. The third-order valence-electron chi connectivity index (χ3n) is 4.37. The van der Waals surface area contributed by atoms with Crippen LogP contribution < -0.4 is 0 Å². The highest BCUT2D eigenvalue weighted by Gasteiger charge is 2.10. The van der Waals surface area contributed by atoms with E-state index in [1.54, 1.807) is 0 Å². The first-order chi connectivity index (χ1) is 11.6. The minimum atomic E-state index is 0.947. The van der Waals surface area contributed by atoms with Gasteiger partial charge in [0.2, 0.25) is 0 Å². The number of rotatable bonds is 2. The van der Waals surface area contributed by atoms with Crippen molar-refractivity contribution in [2.24, 2.45) is 0 Å². The Kier molecular flexibility index (Phi) is 3.42. The summed E-state index contributed by atoms with van der Waals surface area (Å²) in [6.45, 7) is 6.38. The fourth-order valence-corrected chi connectivity index (χ4v) is 3.35. The second-order valence-corrected chi connectivity index (χ2v) is 6.34. The molecule has 0 atom stereocenters. The fourth-order valence-electron chi connectivity index (χ4n) is 3.35. The molecule has 0 aliphatic rings. The summed E-state index contributed by atoms with van der Waals surface area (Å²) in [4.78, 5) is 4.59. The van der Waals surface area contributed by atoms with Crippen LogP contribution in [0.4, 0.5) is 0 Å². The summed E-state index contributed by atoms with van der Waals surface area (Å²) in [6.07, 6.45) is 5.86. The molecule has 0 unspecified atom stereocenters. The van der Waals surface area contributed by atoms with Crippen LogP contribution in [-0.2, 0) is 0 Å². The molecular weight excluding hydrogens is 294 g/mol. The van der Waals surface area contributed by atoms with Gasteiger partial charge in [0.1, 0.15) is 0 Å². The predicted octanol–water partition coefficient (Wildman–Crippen LogP) is 5.01. The van der Waals surface area contributed by atoms with Crippen molar-refractivity contribution in [2.75, 3.05) is 0 Å². The monoisotopic (exact) mass is 313 g/mol. The molecule has 2 heterocycles. The number of aromatic nitrogens is 3. The van der Waals surface area contributed by atoms with Crippen molar-refractivity contribution in [3.05, 3.63) is 77.7 Å². The molecule has 118 valence electrons. The molecule has 0 bridgehead atoms. The van der Waals surface area contributed by atoms with E-state index in [4.69, 9.17) is 0 Å². The number of nitrogens with zero attached hydrogens (tertiary/aromatic N) is 3. The van der Waals surface area contributed by atoms with E-state index in [1.165, 1.54) is 22.1 Å². The second-order valence-electron chi connectivity index (χ2n) is 6.34. The zero-order valence-electron chi connectivity index (χ0n) is 14.1. The van der Waals surface area contributed by atoms with E-state index in [0.29, 0.717) is 0 Å². The summed E-state index contributed by atoms with van der Waals surface area (Å²) in [7, 11) is 0. The molecule has 0 aliphatic heterocycles. The van der Waals surface area contributed by atoms with Crippen LogP contribution in [0, 0.1) is 20.8 Å². The van der Waals surface area contributed by atoms with Crippen LogP contribution in [0.2, 0.25) is 0 Å². The zero-order chi connectivity index (χ0) is 16.7. The molecule has 0 N–H and O–H groups in total. The summed E-state index contributed by atoms with van der Waals surface area (Å²) in [5.41, 5.74) is 6.86. The van der Waals surface area contributed by atoms with Gasteiger partial charge in [0.05, 0.1) is 17.6 Å². The maximum atomic E-state index is 4.59. The minimum Gasteiger partial charge on any atom is -0.255 e. The molecule has 4 aromatic rings. The van der Waals surface area contributed by atoms with Gasteiger partial charge in [0.25, 0.3) is 0 Å². The number of benzene rings is 2. The molecule has 0 saturated heterocycles. The molecule has 2 aromatic heterocycles. The molecule has 2 aromatic carbocycles. The highest BCUT2D eigenvalue weighted by Crippen LogP contribution is 2.25. The zero-order valence-corrected chi connectivity index (χ0v) is 14.1. The molecule has 0 aliphatic carbocycles. The van der Waals surface area contributed by atoms with E-state index < -0.39 is 0 Å². The van der Waals surface area contributed by atoms with Crippen LogP contribution >= 0.6 is 0 Å². The van der Waals surface area contributed by atoms with Crippen LogP contribution in [0.1, 0.15) is 16.7 Å². The van der Waals surface area contributed by atoms with Gasteiger partial charge in [-0.25, -0.2) is 4.68 Å². The quantitative estimate of drug-likeness (QED) is 0.520. The van der Waals surface area contributed by atoms with Crippen molar-refractivity contribution in [2.45, 2.75) is 20.8 Å². The Morgan fingerprint density at radius 1 is 0.833 bits per heavy atom. The first-order valence-corrected chi connectivity index (χ1v) is 8.10. The first-order valence-electron chi connectivity index (χ1n) is 8.10. The van der Waals surface area contributed by atoms with Crippen LogP contribution in [0.15, 0.2) is 61.1 Å². The second kappa shape index (κ2) is 5.60. The van der Waals surface area contributed by atoms with Gasteiger partial charge in [-0.2, -0.15) is 5.10 Å². The lowest BCUT2D eigenvalue weighted by Crippen LogP contribution is -2.01. The standard InChI is InChI=1S/C21H19N3/c1-14-8-15(2)21(16(3)9-14)24-13-19(12-23-24)20-10-17-6-4-5-7-18(17)11-22-20/h4-13H,1-3H3. The van der Waals surface area contributed by atoms with Crippen LogP contribution in [0.3, 0.4) is 0 Å². The Bertz CT molecular complexity index is 1020. The largest absolute Gasteiger partial charge is 0.255 e. The SMILES string of the molecule is Cc1cc(C)c(-n2cc(-c3cc4ccccc4cn3)cn2)c(C)c1. The van der Waals surface area contributed by atoms with Crippen LogP contribution in [-0.4, -0.2) is 14.8 Å². The lowest BCUT2D eigenvalue weighted by atomic mass is 10.1. The Morgan fingerprint density at radius 2 is 1.54 bits per heavy atom. The molecule has 3 heteroatoms. The Balaban J connectivity index is 1.79. The van der Waals surface area contributed by atoms with Crippen molar-refractivity contribution in [1.29, 1.82) is 0 Å². The molecule has 0 saturated carbocycles. The Labute approximate surface area is 141 Å². The van der Waals surface area contributed by atoms with Gasteiger partial charge in [-0.05, 0) is 43.4 Å². The average molecular weight is 313 g/mol. The predicted molar refractivity (Wildman–Crippen MR) is 98.5 cm³/mol. The van der Waals surface area contributed by atoms with Gasteiger partial charge in [-0.3, -0.25) is 4.98 Å². The maximum Gasteiger partial charge on any atom is 0.0740 e. The lowest BCUT2D eigenvalue weighted by Gasteiger charge is -2.11. The third kappa shape index (κ3) is 2.48. The molecule has 0 radical (unpaired) electrons. The Hall–Kier alpha value is -2.94. The van der Waals surface area contributed by atoms with Gasteiger partial charge < -0.3 is 0 Å². The van der Waals surface area contributed by atoms with E-state index in [-0.39, 0.29) is 0 Å². The van der Waals surface area contributed by atoms with Crippen LogP contribution in [0.5, 0.6) is 0 Å². The number of hydrogen-bond donors (Lipinski definition) is 0. The number of hydrogen-bond acceptors (Lipinski definition) is 2. The van der Waals surface area contributed by atoms with E-state index >= 15 is 0 Å². The van der Waals surface area contributed by atoms with Gasteiger partial charge in [0, 0.05) is 23.3 Å².